The summed E-state index contributed by atoms with van der Waals surface area (Å²) in [7, 11) is 0. The number of amides is 1. The van der Waals surface area contributed by atoms with E-state index in [1.54, 1.807) is 48.9 Å². The fourth-order valence-corrected chi connectivity index (χ4v) is 4.01. The van der Waals surface area contributed by atoms with Crippen LogP contribution in [0.1, 0.15) is 38.8 Å². The zero-order valence-corrected chi connectivity index (χ0v) is 20.2. The molecule has 0 spiro atoms. The van der Waals surface area contributed by atoms with Gasteiger partial charge in [0.2, 0.25) is 0 Å². The van der Waals surface area contributed by atoms with Crippen molar-refractivity contribution >= 4 is 34.8 Å². The first kappa shape index (κ1) is 23.8. The van der Waals surface area contributed by atoms with Gasteiger partial charge < -0.3 is 14.6 Å². The molecule has 0 aliphatic rings. The van der Waals surface area contributed by atoms with E-state index in [-0.39, 0.29) is 18.1 Å². The van der Waals surface area contributed by atoms with Gasteiger partial charge in [-0.25, -0.2) is 4.39 Å². The summed E-state index contributed by atoms with van der Waals surface area (Å²) in [6, 6.07) is 11.3. The topological polar surface area (TPSA) is 82.2 Å². The van der Waals surface area contributed by atoms with Gasteiger partial charge >= 0.3 is 0 Å². The van der Waals surface area contributed by atoms with E-state index in [0.29, 0.717) is 45.0 Å². The monoisotopic (exact) mass is 502 g/mol. The van der Waals surface area contributed by atoms with Crippen molar-refractivity contribution in [3.05, 3.63) is 92.3 Å². The summed E-state index contributed by atoms with van der Waals surface area (Å²) in [6.07, 6.45) is 0. The quantitative estimate of drug-likeness (QED) is 0.329. The average molecular weight is 503 g/mol. The minimum atomic E-state index is -0.500. The van der Waals surface area contributed by atoms with Crippen molar-refractivity contribution in [2.75, 3.05) is 5.32 Å². The molecular weight excluding hydrogens is 482 g/mol. The van der Waals surface area contributed by atoms with E-state index >= 15 is 0 Å². The molecule has 0 radical (unpaired) electrons. The lowest BCUT2D eigenvalue weighted by atomic mass is 10.2. The molecule has 34 heavy (non-hydrogen) atoms. The predicted molar refractivity (Wildman–Crippen MR) is 127 cm³/mol. The molecule has 7 nitrogen and oxygen atoms in total. The van der Waals surface area contributed by atoms with E-state index in [4.69, 9.17) is 32.5 Å². The van der Waals surface area contributed by atoms with Crippen LogP contribution in [0, 0.1) is 26.6 Å². The maximum Gasteiger partial charge on any atom is 0.278 e. The molecule has 0 fully saturated rings. The Hall–Kier alpha value is -3.36. The van der Waals surface area contributed by atoms with E-state index < -0.39 is 11.7 Å². The highest BCUT2D eigenvalue weighted by Gasteiger charge is 2.23. The summed E-state index contributed by atoms with van der Waals surface area (Å²) >= 11 is 12.6. The maximum absolute atomic E-state index is 13.9. The first-order valence-electron chi connectivity index (χ1n) is 10.4. The van der Waals surface area contributed by atoms with Crippen LogP contribution < -0.4 is 10.1 Å². The van der Waals surface area contributed by atoms with Crippen LogP contribution in [0.25, 0.3) is 0 Å². The first-order valence-corrected chi connectivity index (χ1v) is 11.1. The van der Waals surface area contributed by atoms with Crippen molar-refractivity contribution in [2.24, 2.45) is 0 Å². The minimum absolute atomic E-state index is 0.0505. The number of hydrogen-bond acceptors (Lipinski definition) is 5. The zero-order valence-electron chi connectivity index (χ0n) is 18.7. The third-order valence-electron chi connectivity index (χ3n) is 5.40. The second kappa shape index (κ2) is 9.87. The summed E-state index contributed by atoms with van der Waals surface area (Å²) in [6.45, 7) is 5.53. The minimum Gasteiger partial charge on any atom is -0.486 e. The number of benzene rings is 2. The summed E-state index contributed by atoms with van der Waals surface area (Å²) in [5.41, 5.74) is 3.06. The Morgan fingerprint density at radius 3 is 2.50 bits per heavy atom. The molecule has 0 saturated carbocycles. The molecule has 0 atom stereocenters. The van der Waals surface area contributed by atoms with Crippen LogP contribution >= 0.6 is 23.2 Å². The molecule has 0 saturated heterocycles. The van der Waals surface area contributed by atoms with Gasteiger partial charge in [0.05, 0.1) is 29.2 Å². The molecule has 0 aliphatic heterocycles. The van der Waals surface area contributed by atoms with Gasteiger partial charge in [0, 0.05) is 15.6 Å². The predicted octanol–water partition coefficient (Wildman–Crippen LogP) is 6.12. The number of anilines is 1. The maximum atomic E-state index is 13.9. The summed E-state index contributed by atoms with van der Waals surface area (Å²) in [4.78, 5) is 13.1. The lowest BCUT2D eigenvalue weighted by Crippen LogP contribution is -2.16. The molecule has 2 aromatic heterocycles. The second-order valence-electron chi connectivity index (χ2n) is 7.64. The lowest BCUT2D eigenvalue weighted by molar-refractivity contribution is 0.101. The summed E-state index contributed by atoms with van der Waals surface area (Å²) in [5, 5.41) is 12.3. The Labute approximate surface area is 205 Å². The van der Waals surface area contributed by atoms with Crippen LogP contribution in [0.3, 0.4) is 0 Å². The second-order valence-corrected chi connectivity index (χ2v) is 8.46. The molecule has 0 unspecified atom stereocenters. The summed E-state index contributed by atoms with van der Waals surface area (Å²) < 4.78 is 26.4. The van der Waals surface area contributed by atoms with E-state index in [9.17, 15) is 9.18 Å². The molecule has 0 bridgehead atoms. The first-order chi connectivity index (χ1) is 16.3. The van der Waals surface area contributed by atoms with Crippen molar-refractivity contribution in [1.29, 1.82) is 0 Å². The molecule has 4 rings (SSSR count). The van der Waals surface area contributed by atoms with Gasteiger partial charge in [-0.3, -0.25) is 9.48 Å². The number of ether oxygens (including phenoxy) is 1. The molecule has 176 valence electrons. The van der Waals surface area contributed by atoms with Crippen molar-refractivity contribution < 1.29 is 18.4 Å². The van der Waals surface area contributed by atoms with E-state index in [0.717, 1.165) is 5.56 Å². The van der Waals surface area contributed by atoms with Gasteiger partial charge in [-0.1, -0.05) is 46.6 Å². The number of carbonyl (C=O) groups excluding carboxylic acids is 1. The van der Waals surface area contributed by atoms with Gasteiger partial charge in [0.1, 0.15) is 12.4 Å². The highest BCUT2D eigenvalue weighted by molar-refractivity contribution is 6.36. The fraction of sp³-hybridized carbons (Fsp3) is 0.208. The number of carbonyl (C=O) groups is 1. The lowest BCUT2D eigenvalue weighted by Gasteiger charge is -2.10. The van der Waals surface area contributed by atoms with Crippen LogP contribution in [0.4, 0.5) is 10.1 Å². The van der Waals surface area contributed by atoms with Crippen molar-refractivity contribution in [1.82, 2.24) is 14.9 Å². The van der Waals surface area contributed by atoms with Crippen LogP contribution in [-0.4, -0.2) is 20.8 Å². The smallest absolute Gasteiger partial charge is 0.278 e. The molecule has 0 aliphatic carbocycles. The molecule has 2 heterocycles. The average Bonchev–Trinajstić information content (AvgIpc) is 3.30. The Morgan fingerprint density at radius 2 is 1.79 bits per heavy atom. The Morgan fingerprint density at radius 1 is 1.09 bits per heavy atom. The number of halogens is 3. The molecular formula is C24H21Cl2FN4O3. The number of aryl methyl sites for hydroxylation is 2. The molecule has 2 aromatic carbocycles. The molecule has 1 N–H and O–H groups in total. The standard InChI is InChI=1S/C24H21Cl2FN4O3/c1-13-22(14(2)31(29-13)11-16-18(25)7-6-8-19(16)26)28-24(32)23-17(15(3)34-30-23)12-33-21-10-5-4-9-20(21)27/h4-10H,11-12H2,1-3H3,(H,28,32). The van der Waals surface area contributed by atoms with Gasteiger partial charge in [0.15, 0.2) is 17.3 Å². The third-order valence-corrected chi connectivity index (χ3v) is 6.11. The number of rotatable bonds is 7. The van der Waals surface area contributed by atoms with E-state index in [1.807, 2.05) is 6.92 Å². The number of nitrogens with zero attached hydrogens (tertiary/aromatic N) is 3. The highest BCUT2D eigenvalue weighted by atomic mass is 35.5. The molecule has 4 aromatic rings. The molecule has 1 amide bonds. The van der Waals surface area contributed by atoms with Gasteiger partial charge in [-0.15, -0.1) is 0 Å². The molecule has 10 heteroatoms. The third kappa shape index (κ3) is 4.78. The van der Waals surface area contributed by atoms with E-state index in [2.05, 4.69) is 15.6 Å². The SMILES string of the molecule is Cc1nn(Cc2c(Cl)cccc2Cl)c(C)c1NC(=O)c1noc(C)c1COc1ccccc1F. The number of nitrogens with one attached hydrogen (secondary N) is 1. The van der Waals surface area contributed by atoms with Crippen LogP contribution in [0.15, 0.2) is 47.0 Å². The van der Waals surface area contributed by atoms with Crippen molar-refractivity contribution in [3.8, 4) is 5.75 Å². The normalized spacial score (nSPS) is 11.0. The van der Waals surface area contributed by atoms with E-state index in [1.165, 1.54) is 12.1 Å². The van der Waals surface area contributed by atoms with Gasteiger partial charge in [-0.05, 0) is 45.0 Å². The number of hydrogen-bond donors (Lipinski definition) is 1. The number of para-hydroxylation sites is 1. The van der Waals surface area contributed by atoms with Gasteiger partial charge in [-0.2, -0.15) is 5.10 Å². The fourth-order valence-electron chi connectivity index (χ4n) is 3.49. The van der Waals surface area contributed by atoms with Crippen molar-refractivity contribution in [2.45, 2.75) is 33.9 Å². The Balaban J connectivity index is 1.54. The van der Waals surface area contributed by atoms with Gasteiger partial charge in [0.25, 0.3) is 5.91 Å². The Kier molecular flexibility index (Phi) is 6.90. The van der Waals surface area contributed by atoms with Crippen LogP contribution in [0.2, 0.25) is 10.0 Å². The number of aromatic nitrogens is 3. The van der Waals surface area contributed by atoms with Crippen molar-refractivity contribution in [3.63, 3.8) is 0 Å². The van der Waals surface area contributed by atoms with Crippen LogP contribution in [-0.2, 0) is 13.2 Å². The van der Waals surface area contributed by atoms with Crippen LogP contribution in [0.5, 0.6) is 5.75 Å². The Bertz CT molecular complexity index is 1350. The largest absolute Gasteiger partial charge is 0.486 e. The zero-order chi connectivity index (χ0) is 24.4. The highest BCUT2D eigenvalue weighted by Crippen LogP contribution is 2.28. The summed E-state index contributed by atoms with van der Waals surface area (Å²) in [5.74, 6) is -0.523.